The third kappa shape index (κ3) is 2.79. The first kappa shape index (κ1) is 24.6. The van der Waals surface area contributed by atoms with Gasteiger partial charge in [0.15, 0.2) is 6.10 Å². The lowest BCUT2D eigenvalue weighted by Crippen LogP contribution is -2.72. The second kappa shape index (κ2) is 7.24. The molecule has 0 aromatic carbocycles. The molecule has 37 heavy (non-hydrogen) atoms. The van der Waals surface area contributed by atoms with Crippen molar-refractivity contribution in [2.24, 2.45) is 28.1 Å². The summed E-state index contributed by atoms with van der Waals surface area (Å²) in [5.41, 5.74) is -3.88. The van der Waals surface area contributed by atoms with E-state index in [4.69, 9.17) is 23.4 Å². The average molecular weight is 515 g/mol. The van der Waals surface area contributed by atoms with Crippen LogP contribution in [-0.2, 0) is 38.1 Å². The standard InChI is InChI=1S/C28H34O9/c1-14(29)34-19-12-20(31)36-24(2,3)17-11-18(30)27(6)16(26(17,19)5)7-9-25(4)21(15-8-10-33-13-15)35-23(32)22-28(25,27)37-22/h8,10,13,16-17,19,21-22H,7,9,11-12H2,1-6H3/t16-,17+,19+,21+,22-,25+,26-,27+,28+/m1/s1. The minimum Gasteiger partial charge on any atom is -0.472 e. The number of carbonyl (C=O) groups excluding carboxylic acids is 4. The van der Waals surface area contributed by atoms with Crippen LogP contribution in [0.1, 0.15) is 78.9 Å². The molecule has 2 aliphatic carbocycles. The van der Waals surface area contributed by atoms with Crippen LogP contribution in [0.3, 0.4) is 0 Å². The second-order valence-corrected chi connectivity index (χ2v) is 12.7. The summed E-state index contributed by atoms with van der Waals surface area (Å²) in [6, 6.07) is 1.78. The first-order valence-electron chi connectivity index (χ1n) is 13.1. The Morgan fingerprint density at radius 3 is 2.41 bits per heavy atom. The van der Waals surface area contributed by atoms with E-state index >= 15 is 0 Å². The highest BCUT2D eigenvalue weighted by atomic mass is 16.7. The molecule has 2 saturated carbocycles. The number of cyclic esters (lactones) is 2. The molecule has 3 saturated heterocycles. The number of carbonyl (C=O) groups is 4. The molecule has 0 bridgehead atoms. The molecule has 0 amide bonds. The maximum atomic E-state index is 14.4. The Labute approximate surface area is 215 Å². The van der Waals surface area contributed by atoms with Crippen molar-refractivity contribution < 1.29 is 42.5 Å². The fraction of sp³-hybridized carbons (Fsp3) is 0.714. The van der Waals surface area contributed by atoms with Crippen LogP contribution in [0.15, 0.2) is 23.0 Å². The third-order valence-corrected chi connectivity index (χ3v) is 10.8. The van der Waals surface area contributed by atoms with E-state index in [1.54, 1.807) is 12.3 Å². The Morgan fingerprint density at radius 1 is 1.03 bits per heavy atom. The molecule has 9 heteroatoms. The van der Waals surface area contributed by atoms with Crippen LogP contribution in [0.2, 0.25) is 0 Å². The maximum Gasteiger partial charge on any atom is 0.339 e. The van der Waals surface area contributed by atoms with Gasteiger partial charge in [-0.05, 0) is 45.6 Å². The molecule has 4 heterocycles. The lowest BCUT2D eigenvalue weighted by atomic mass is 9.37. The Kier molecular flexibility index (Phi) is 4.82. The van der Waals surface area contributed by atoms with Crippen molar-refractivity contribution in [1.82, 2.24) is 0 Å². The zero-order valence-electron chi connectivity index (χ0n) is 22.1. The lowest BCUT2D eigenvalue weighted by Gasteiger charge is -2.66. The zero-order valence-corrected chi connectivity index (χ0v) is 22.1. The lowest BCUT2D eigenvalue weighted by molar-refractivity contribution is -0.234. The smallest absolute Gasteiger partial charge is 0.339 e. The van der Waals surface area contributed by atoms with Crippen LogP contribution in [0.4, 0.5) is 0 Å². The van der Waals surface area contributed by atoms with E-state index in [0.29, 0.717) is 12.8 Å². The molecule has 0 radical (unpaired) electrons. The van der Waals surface area contributed by atoms with Crippen molar-refractivity contribution in [3.05, 3.63) is 24.2 Å². The van der Waals surface area contributed by atoms with Crippen molar-refractivity contribution in [3.8, 4) is 0 Å². The summed E-state index contributed by atoms with van der Waals surface area (Å²) in [5, 5.41) is 0. The Bertz CT molecular complexity index is 1200. The van der Waals surface area contributed by atoms with E-state index in [2.05, 4.69) is 0 Å². The van der Waals surface area contributed by atoms with Crippen molar-refractivity contribution >= 4 is 23.7 Å². The summed E-state index contributed by atoms with van der Waals surface area (Å²) in [6.45, 7) is 11.0. The predicted octanol–water partition coefficient (Wildman–Crippen LogP) is 3.69. The number of rotatable bonds is 2. The molecule has 1 aromatic rings. The van der Waals surface area contributed by atoms with Gasteiger partial charge in [0.25, 0.3) is 0 Å². The molecular formula is C28H34O9. The van der Waals surface area contributed by atoms with E-state index < -0.39 is 63.7 Å². The molecule has 6 rings (SSSR count). The highest BCUT2D eigenvalue weighted by Crippen LogP contribution is 2.78. The number of esters is 3. The molecule has 5 aliphatic rings. The van der Waals surface area contributed by atoms with Gasteiger partial charge in [-0.2, -0.15) is 0 Å². The van der Waals surface area contributed by atoms with Crippen LogP contribution in [0.5, 0.6) is 0 Å². The first-order valence-corrected chi connectivity index (χ1v) is 13.1. The van der Waals surface area contributed by atoms with Gasteiger partial charge in [0, 0.05) is 35.7 Å². The molecule has 200 valence electrons. The monoisotopic (exact) mass is 514 g/mol. The molecule has 1 spiro atoms. The summed E-state index contributed by atoms with van der Waals surface area (Å²) in [7, 11) is 0. The molecule has 3 aliphatic heterocycles. The van der Waals surface area contributed by atoms with Crippen LogP contribution >= 0.6 is 0 Å². The normalized spacial score (nSPS) is 47.7. The van der Waals surface area contributed by atoms with Crippen LogP contribution in [0, 0.1) is 28.1 Å². The van der Waals surface area contributed by atoms with Gasteiger partial charge >= 0.3 is 17.9 Å². The topological polar surface area (TPSA) is 122 Å². The van der Waals surface area contributed by atoms with Crippen molar-refractivity contribution in [1.29, 1.82) is 0 Å². The van der Waals surface area contributed by atoms with Gasteiger partial charge in [0.2, 0.25) is 0 Å². The maximum absolute atomic E-state index is 14.4. The van der Waals surface area contributed by atoms with Gasteiger partial charge in [-0.25, -0.2) is 4.79 Å². The number of hydrogen-bond donors (Lipinski definition) is 0. The minimum absolute atomic E-state index is 0.0263. The largest absolute Gasteiger partial charge is 0.472 e. The second-order valence-electron chi connectivity index (χ2n) is 12.7. The number of ether oxygens (including phenoxy) is 4. The molecule has 0 unspecified atom stereocenters. The molecular weight excluding hydrogens is 480 g/mol. The Morgan fingerprint density at radius 2 is 1.76 bits per heavy atom. The molecule has 0 N–H and O–H groups in total. The number of ketones is 1. The first-order chi connectivity index (χ1) is 17.2. The van der Waals surface area contributed by atoms with Gasteiger partial charge in [-0.3, -0.25) is 14.4 Å². The van der Waals surface area contributed by atoms with E-state index in [1.165, 1.54) is 13.2 Å². The van der Waals surface area contributed by atoms with Gasteiger partial charge in [0.1, 0.15) is 29.2 Å². The van der Waals surface area contributed by atoms with Gasteiger partial charge in [-0.1, -0.05) is 13.8 Å². The molecule has 9 nitrogen and oxygen atoms in total. The predicted molar refractivity (Wildman–Crippen MR) is 126 cm³/mol. The summed E-state index contributed by atoms with van der Waals surface area (Å²) in [4.78, 5) is 52.7. The highest BCUT2D eigenvalue weighted by Gasteiger charge is 2.88. The van der Waals surface area contributed by atoms with Gasteiger partial charge < -0.3 is 23.4 Å². The van der Waals surface area contributed by atoms with E-state index in [0.717, 1.165) is 5.56 Å². The summed E-state index contributed by atoms with van der Waals surface area (Å²) in [6.07, 6.45) is 2.06. The van der Waals surface area contributed by atoms with E-state index in [1.807, 2.05) is 34.6 Å². The van der Waals surface area contributed by atoms with Gasteiger partial charge in [-0.15, -0.1) is 0 Å². The van der Waals surface area contributed by atoms with Crippen LogP contribution in [0.25, 0.3) is 0 Å². The fourth-order valence-corrected chi connectivity index (χ4v) is 9.24. The zero-order chi connectivity index (χ0) is 26.8. The molecule has 1 aromatic heterocycles. The minimum atomic E-state index is -1.09. The van der Waals surface area contributed by atoms with E-state index in [9.17, 15) is 19.2 Å². The summed E-state index contributed by atoms with van der Waals surface area (Å²) >= 11 is 0. The summed E-state index contributed by atoms with van der Waals surface area (Å²) in [5.74, 6) is -2.18. The molecule has 5 fully saturated rings. The quantitative estimate of drug-likeness (QED) is 0.330. The van der Waals surface area contributed by atoms with Crippen LogP contribution < -0.4 is 0 Å². The van der Waals surface area contributed by atoms with E-state index in [-0.39, 0.29) is 30.5 Å². The van der Waals surface area contributed by atoms with Crippen molar-refractivity contribution in [2.75, 3.05) is 0 Å². The third-order valence-electron chi connectivity index (χ3n) is 10.8. The SMILES string of the molecule is CC(=O)O[C@H]1CC(=O)OC(C)(C)[C@@H]2CC(=O)[C@]3(C)[C@H](CC[C@@]4(C)[C@H](c5ccoc5)OC(=O)[C@H]5O[C@@]543)[C@@]12C. The van der Waals surface area contributed by atoms with Gasteiger partial charge in [0.05, 0.1) is 24.4 Å². The number of hydrogen-bond acceptors (Lipinski definition) is 9. The Balaban J connectivity index is 1.54. The number of Topliss-reactive ketones (excluding diaryl/α,β-unsaturated/α-hetero) is 1. The average Bonchev–Trinajstić information content (AvgIpc) is 3.38. The van der Waals surface area contributed by atoms with Crippen molar-refractivity contribution in [2.45, 2.75) is 96.7 Å². The number of fused-ring (bicyclic) bond motifs is 3. The number of furan rings is 1. The fourth-order valence-electron chi connectivity index (χ4n) is 9.24. The van der Waals surface area contributed by atoms with Crippen LogP contribution in [-0.4, -0.2) is 47.1 Å². The highest BCUT2D eigenvalue weighted by molar-refractivity contribution is 5.93. The molecule has 9 atom stereocenters. The number of epoxide rings is 1. The summed E-state index contributed by atoms with van der Waals surface area (Å²) < 4.78 is 29.3. The Hall–Kier alpha value is -2.68. The van der Waals surface area contributed by atoms with Crippen molar-refractivity contribution in [3.63, 3.8) is 0 Å².